The van der Waals surface area contributed by atoms with Crippen molar-refractivity contribution in [3.8, 4) is 0 Å². The summed E-state index contributed by atoms with van der Waals surface area (Å²) in [5.41, 5.74) is 0. The lowest BCUT2D eigenvalue weighted by Gasteiger charge is -2.01. The van der Waals surface area contributed by atoms with Crippen LogP contribution >= 0.6 is 0 Å². The Balaban J connectivity index is 2.59. The van der Waals surface area contributed by atoms with Crippen molar-refractivity contribution in [2.45, 2.75) is 13.3 Å². The average Bonchev–Trinajstić information content (AvgIpc) is 2.47. The fourth-order valence-corrected chi connectivity index (χ4v) is 0.902. The zero-order valence-corrected chi connectivity index (χ0v) is 7.37. The normalized spacial score (nSPS) is 9.83. The van der Waals surface area contributed by atoms with E-state index in [2.05, 4.69) is 10.3 Å². The molecule has 0 spiro atoms. The summed E-state index contributed by atoms with van der Waals surface area (Å²) in [4.78, 5) is 15.2. The molecule has 0 aromatic carbocycles. The molecule has 12 heavy (non-hydrogen) atoms. The van der Waals surface area contributed by atoms with Gasteiger partial charge in [-0.15, -0.1) is 0 Å². The largest absolute Gasteiger partial charge is 0.349 e. The predicted molar refractivity (Wildman–Crippen MR) is 45.8 cm³/mol. The second-order valence-electron chi connectivity index (χ2n) is 2.62. The van der Waals surface area contributed by atoms with Crippen LogP contribution in [0.3, 0.4) is 0 Å². The highest BCUT2D eigenvalue weighted by Crippen LogP contribution is 1.92. The molecule has 0 saturated heterocycles. The molecule has 1 aromatic rings. The standard InChI is InChI=1S/C8H13N3O/c1-3-4-10-8(12)7-9-5-6-11(7)2/h5-6H,3-4H2,1-2H3,(H,10,12). The van der Waals surface area contributed by atoms with Gasteiger partial charge in [0.05, 0.1) is 0 Å². The topological polar surface area (TPSA) is 46.9 Å². The van der Waals surface area contributed by atoms with Crippen LogP contribution in [0.4, 0.5) is 0 Å². The number of nitrogens with zero attached hydrogens (tertiary/aromatic N) is 2. The second-order valence-corrected chi connectivity index (χ2v) is 2.62. The first-order valence-electron chi connectivity index (χ1n) is 4.01. The number of hydrogen-bond donors (Lipinski definition) is 1. The number of carbonyl (C=O) groups is 1. The van der Waals surface area contributed by atoms with Crippen LogP contribution in [0.2, 0.25) is 0 Å². The van der Waals surface area contributed by atoms with Crippen molar-refractivity contribution in [3.63, 3.8) is 0 Å². The van der Waals surface area contributed by atoms with Gasteiger partial charge >= 0.3 is 0 Å². The summed E-state index contributed by atoms with van der Waals surface area (Å²) in [7, 11) is 1.80. The molecule has 1 rings (SSSR count). The molecule has 4 heteroatoms. The molecule has 1 N–H and O–H groups in total. The molecule has 0 unspecified atom stereocenters. The number of rotatable bonds is 3. The van der Waals surface area contributed by atoms with Crippen LogP contribution in [0.1, 0.15) is 24.0 Å². The van der Waals surface area contributed by atoms with Gasteiger partial charge in [-0.25, -0.2) is 4.98 Å². The van der Waals surface area contributed by atoms with Crippen LogP contribution < -0.4 is 5.32 Å². The van der Waals surface area contributed by atoms with Gasteiger partial charge in [-0.1, -0.05) is 6.92 Å². The molecule has 0 fully saturated rings. The van der Waals surface area contributed by atoms with E-state index in [4.69, 9.17) is 0 Å². The van der Waals surface area contributed by atoms with Crippen molar-refractivity contribution in [1.82, 2.24) is 14.9 Å². The highest BCUT2D eigenvalue weighted by Gasteiger charge is 2.08. The zero-order chi connectivity index (χ0) is 8.97. The van der Waals surface area contributed by atoms with Crippen molar-refractivity contribution < 1.29 is 4.79 Å². The van der Waals surface area contributed by atoms with Crippen molar-refractivity contribution in [2.24, 2.45) is 7.05 Å². The Morgan fingerprint density at radius 3 is 3.00 bits per heavy atom. The molecule has 1 heterocycles. The highest BCUT2D eigenvalue weighted by molar-refractivity contribution is 5.90. The maximum absolute atomic E-state index is 11.3. The minimum Gasteiger partial charge on any atom is -0.349 e. The summed E-state index contributed by atoms with van der Waals surface area (Å²) < 4.78 is 1.70. The first-order valence-corrected chi connectivity index (χ1v) is 4.01. The number of aryl methyl sites for hydroxylation is 1. The van der Waals surface area contributed by atoms with Gasteiger partial charge in [0.15, 0.2) is 5.82 Å². The summed E-state index contributed by atoms with van der Waals surface area (Å²) in [6.07, 6.45) is 4.30. The summed E-state index contributed by atoms with van der Waals surface area (Å²) >= 11 is 0. The van der Waals surface area contributed by atoms with E-state index in [0.29, 0.717) is 12.4 Å². The van der Waals surface area contributed by atoms with E-state index in [1.54, 1.807) is 24.0 Å². The lowest BCUT2D eigenvalue weighted by Crippen LogP contribution is -2.26. The number of amides is 1. The van der Waals surface area contributed by atoms with E-state index in [9.17, 15) is 4.79 Å². The fourth-order valence-electron chi connectivity index (χ4n) is 0.902. The molecule has 1 amide bonds. The van der Waals surface area contributed by atoms with Crippen molar-refractivity contribution in [3.05, 3.63) is 18.2 Å². The van der Waals surface area contributed by atoms with Gasteiger partial charge in [-0.05, 0) is 6.42 Å². The molecule has 0 atom stereocenters. The zero-order valence-electron chi connectivity index (χ0n) is 7.37. The monoisotopic (exact) mass is 167 g/mol. The van der Waals surface area contributed by atoms with E-state index in [-0.39, 0.29) is 5.91 Å². The summed E-state index contributed by atoms with van der Waals surface area (Å²) in [5, 5.41) is 2.75. The van der Waals surface area contributed by atoms with Gasteiger partial charge in [0, 0.05) is 26.0 Å². The number of aromatic nitrogens is 2. The van der Waals surface area contributed by atoms with E-state index in [0.717, 1.165) is 6.42 Å². The first kappa shape index (κ1) is 8.77. The number of nitrogens with one attached hydrogen (secondary N) is 1. The third kappa shape index (κ3) is 1.84. The summed E-state index contributed by atoms with van der Waals surface area (Å²) in [5.74, 6) is 0.354. The molecular weight excluding hydrogens is 154 g/mol. The number of hydrogen-bond acceptors (Lipinski definition) is 2. The Hall–Kier alpha value is -1.32. The Kier molecular flexibility index (Phi) is 2.85. The molecule has 0 saturated carbocycles. The van der Waals surface area contributed by atoms with Crippen LogP contribution in [-0.2, 0) is 7.05 Å². The van der Waals surface area contributed by atoms with E-state index >= 15 is 0 Å². The third-order valence-corrected chi connectivity index (χ3v) is 1.56. The van der Waals surface area contributed by atoms with Gasteiger partial charge in [0.25, 0.3) is 5.91 Å². The summed E-state index contributed by atoms with van der Waals surface area (Å²) in [6, 6.07) is 0. The SMILES string of the molecule is CCCNC(=O)c1nccn1C. The maximum Gasteiger partial charge on any atom is 0.287 e. The van der Waals surface area contributed by atoms with Gasteiger partial charge in [0.1, 0.15) is 0 Å². The first-order chi connectivity index (χ1) is 5.75. The van der Waals surface area contributed by atoms with Gasteiger partial charge < -0.3 is 9.88 Å². The minimum atomic E-state index is -0.107. The van der Waals surface area contributed by atoms with Gasteiger partial charge in [-0.3, -0.25) is 4.79 Å². The molecule has 0 aliphatic heterocycles. The Morgan fingerprint density at radius 2 is 2.50 bits per heavy atom. The van der Waals surface area contributed by atoms with Crippen LogP contribution in [0.15, 0.2) is 12.4 Å². The van der Waals surface area contributed by atoms with Crippen LogP contribution in [0, 0.1) is 0 Å². The quantitative estimate of drug-likeness (QED) is 0.715. The van der Waals surface area contributed by atoms with E-state index in [1.807, 2.05) is 6.92 Å². The predicted octanol–water partition coefficient (Wildman–Crippen LogP) is 0.560. The van der Waals surface area contributed by atoms with E-state index in [1.165, 1.54) is 0 Å². The molecule has 1 aromatic heterocycles. The highest BCUT2D eigenvalue weighted by atomic mass is 16.2. The Morgan fingerprint density at radius 1 is 1.75 bits per heavy atom. The molecule has 4 nitrogen and oxygen atoms in total. The number of imidazole rings is 1. The van der Waals surface area contributed by atoms with Crippen LogP contribution in [0.5, 0.6) is 0 Å². The fraction of sp³-hybridized carbons (Fsp3) is 0.500. The lowest BCUT2D eigenvalue weighted by atomic mass is 10.4. The Labute approximate surface area is 71.6 Å². The van der Waals surface area contributed by atoms with Crippen LogP contribution in [-0.4, -0.2) is 22.0 Å². The Bertz CT molecular complexity index is 267. The molecule has 0 bridgehead atoms. The second kappa shape index (κ2) is 3.90. The average molecular weight is 167 g/mol. The maximum atomic E-state index is 11.3. The smallest absolute Gasteiger partial charge is 0.287 e. The van der Waals surface area contributed by atoms with Crippen molar-refractivity contribution in [2.75, 3.05) is 6.54 Å². The van der Waals surface area contributed by atoms with Crippen molar-refractivity contribution in [1.29, 1.82) is 0 Å². The molecular formula is C8H13N3O. The molecule has 0 aliphatic rings. The summed E-state index contributed by atoms with van der Waals surface area (Å²) in [6.45, 7) is 2.71. The molecule has 0 radical (unpaired) electrons. The van der Waals surface area contributed by atoms with Crippen LogP contribution in [0.25, 0.3) is 0 Å². The number of carbonyl (C=O) groups excluding carboxylic acids is 1. The molecule has 0 aliphatic carbocycles. The van der Waals surface area contributed by atoms with Gasteiger partial charge in [0.2, 0.25) is 0 Å². The van der Waals surface area contributed by atoms with Crippen molar-refractivity contribution >= 4 is 5.91 Å². The minimum absolute atomic E-state index is 0.107. The lowest BCUT2D eigenvalue weighted by molar-refractivity contribution is 0.0940. The molecule has 66 valence electrons. The third-order valence-electron chi connectivity index (χ3n) is 1.56. The van der Waals surface area contributed by atoms with E-state index < -0.39 is 0 Å². The van der Waals surface area contributed by atoms with Gasteiger partial charge in [-0.2, -0.15) is 0 Å².